The van der Waals surface area contributed by atoms with Crippen LogP contribution in [0.2, 0.25) is 0 Å². The summed E-state index contributed by atoms with van der Waals surface area (Å²) >= 11 is 1.59. The van der Waals surface area contributed by atoms with Gasteiger partial charge < -0.3 is 5.73 Å². The summed E-state index contributed by atoms with van der Waals surface area (Å²) < 4.78 is 12.9. The fourth-order valence-electron chi connectivity index (χ4n) is 1.69. The molecule has 1 fully saturated rings. The Bertz CT molecular complexity index is 317. The Morgan fingerprint density at radius 3 is 2.86 bits per heavy atom. The molecule has 0 radical (unpaired) electrons. The quantitative estimate of drug-likeness (QED) is 0.839. The molecule has 2 rings (SSSR count). The van der Waals surface area contributed by atoms with Crippen LogP contribution >= 0.6 is 11.3 Å². The van der Waals surface area contributed by atoms with Crippen LogP contribution in [0.5, 0.6) is 0 Å². The van der Waals surface area contributed by atoms with Crippen molar-refractivity contribution in [2.75, 3.05) is 12.3 Å². The molecule has 0 bridgehead atoms. The van der Waals surface area contributed by atoms with Gasteiger partial charge in [-0.2, -0.15) is 0 Å². The van der Waals surface area contributed by atoms with Crippen molar-refractivity contribution in [2.24, 2.45) is 11.1 Å². The van der Waals surface area contributed by atoms with Crippen molar-refractivity contribution in [3.05, 3.63) is 17.5 Å². The number of nitrogens with two attached hydrogens (primary N) is 1. The van der Waals surface area contributed by atoms with Gasteiger partial charge in [0.25, 0.3) is 0 Å². The maximum Gasteiger partial charge on any atom is 0.0910 e. The molecule has 0 saturated heterocycles. The summed E-state index contributed by atoms with van der Waals surface area (Å²) in [5.41, 5.74) is 5.88. The second-order valence-electron chi connectivity index (χ2n) is 3.96. The van der Waals surface area contributed by atoms with E-state index in [1.807, 2.05) is 17.5 Å². The fraction of sp³-hybridized carbons (Fsp3) is 0.600. The van der Waals surface area contributed by atoms with Gasteiger partial charge in [0.2, 0.25) is 0 Å². The highest BCUT2D eigenvalue weighted by Crippen LogP contribution is 2.49. The van der Waals surface area contributed by atoms with Crippen molar-refractivity contribution in [2.45, 2.75) is 23.5 Å². The summed E-state index contributed by atoms with van der Waals surface area (Å²) in [6.07, 6.45) is 3.45. The van der Waals surface area contributed by atoms with Crippen LogP contribution in [0.4, 0.5) is 0 Å². The third-order valence-electron chi connectivity index (χ3n) is 2.79. The van der Waals surface area contributed by atoms with Gasteiger partial charge in [0, 0.05) is 5.75 Å². The molecule has 1 saturated carbocycles. The highest BCUT2D eigenvalue weighted by Gasteiger charge is 2.43. The van der Waals surface area contributed by atoms with Crippen molar-refractivity contribution >= 4 is 22.1 Å². The summed E-state index contributed by atoms with van der Waals surface area (Å²) in [7, 11) is -0.798. The number of hydrogen-bond donors (Lipinski definition) is 1. The molecule has 2 N–H and O–H groups in total. The van der Waals surface area contributed by atoms with Gasteiger partial charge in [0.15, 0.2) is 0 Å². The zero-order valence-electron chi connectivity index (χ0n) is 8.07. The van der Waals surface area contributed by atoms with Crippen molar-refractivity contribution in [1.29, 1.82) is 0 Å². The normalized spacial score (nSPS) is 20.6. The van der Waals surface area contributed by atoms with E-state index in [0.717, 1.165) is 22.9 Å². The molecule has 0 spiro atoms. The monoisotopic (exact) mass is 229 g/mol. The molecule has 1 unspecified atom stereocenters. The average molecular weight is 229 g/mol. The molecule has 2 nitrogen and oxygen atoms in total. The zero-order chi connectivity index (χ0) is 10.0. The molecule has 1 aliphatic carbocycles. The first-order valence-electron chi connectivity index (χ1n) is 4.88. The van der Waals surface area contributed by atoms with Crippen molar-refractivity contribution in [1.82, 2.24) is 0 Å². The van der Waals surface area contributed by atoms with Crippen LogP contribution in [0.1, 0.15) is 19.3 Å². The highest BCUT2D eigenvalue weighted by molar-refractivity contribution is 7.87. The summed E-state index contributed by atoms with van der Waals surface area (Å²) in [4.78, 5) is 0. The SMILES string of the molecule is NCCC1(CS(=O)c2cccs2)CC1. The van der Waals surface area contributed by atoms with Crippen LogP contribution in [0, 0.1) is 5.41 Å². The van der Waals surface area contributed by atoms with E-state index >= 15 is 0 Å². The zero-order valence-corrected chi connectivity index (χ0v) is 9.70. The molecule has 1 atom stereocenters. The van der Waals surface area contributed by atoms with Gasteiger partial charge in [0.05, 0.1) is 15.0 Å². The van der Waals surface area contributed by atoms with Crippen molar-refractivity contribution in [3.63, 3.8) is 0 Å². The lowest BCUT2D eigenvalue weighted by atomic mass is 10.1. The van der Waals surface area contributed by atoms with E-state index < -0.39 is 10.8 Å². The second kappa shape index (κ2) is 4.13. The number of hydrogen-bond acceptors (Lipinski definition) is 3. The Hall–Kier alpha value is -0.190. The maximum absolute atomic E-state index is 11.9. The molecule has 78 valence electrons. The van der Waals surface area contributed by atoms with Crippen LogP contribution in [0.15, 0.2) is 21.7 Å². The second-order valence-corrected chi connectivity index (χ2v) is 6.59. The first-order valence-corrected chi connectivity index (χ1v) is 7.08. The molecule has 1 aliphatic rings. The highest BCUT2D eigenvalue weighted by atomic mass is 32.2. The first kappa shape index (κ1) is 10.3. The Labute approximate surface area is 91.0 Å². The summed E-state index contributed by atoms with van der Waals surface area (Å²) in [5.74, 6) is 0.810. The first-order chi connectivity index (χ1) is 6.76. The molecule has 1 heterocycles. The summed E-state index contributed by atoms with van der Waals surface area (Å²) in [6.45, 7) is 0.724. The van der Waals surface area contributed by atoms with Crippen LogP contribution in [-0.2, 0) is 10.8 Å². The average Bonchev–Trinajstić information content (AvgIpc) is 2.70. The Balaban J connectivity index is 1.95. The molecule has 0 amide bonds. The fourth-order valence-corrected chi connectivity index (χ4v) is 4.27. The van der Waals surface area contributed by atoms with E-state index in [1.54, 1.807) is 11.3 Å². The van der Waals surface area contributed by atoms with E-state index in [0.29, 0.717) is 5.41 Å². The lowest BCUT2D eigenvalue weighted by Gasteiger charge is -2.11. The van der Waals surface area contributed by atoms with Gasteiger partial charge in [-0.25, -0.2) is 0 Å². The van der Waals surface area contributed by atoms with Crippen LogP contribution in [0.3, 0.4) is 0 Å². The minimum Gasteiger partial charge on any atom is -0.330 e. The smallest absolute Gasteiger partial charge is 0.0910 e. The third-order valence-corrected chi connectivity index (χ3v) is 5.76. The van der Waals surface area contributed by atoms with Gasteiger partial charge in [-0.15, -0.1) is 11.3 Å². The van der Waals surface area contributed by atoms with E-state index in [4.69, 9.17) is 5.73 Å². The predicted octanol–water partition coefficient (Wildman–Crippen LogP) is 1.98. The molecular formula is C10H15NOS2. The van der Waals surface area contributed by atoms with Gasteiger partial charge in [-0.1, -0.05) is 6.07 Å². The standard InChI is InChI=1S/C10H15NOS2/c11-6-5-10(3-4-10)8-14(12)9-2-1-7-13-9/h1-2,7H,3-6,8,11H2. The lowest BCUT2D eigenvalue weighted by molar-refractivity contribution is 0.529. The minimum atomic E-state index is -0.798. The minimum absolute atomic E-state index is 0.323. The summed E-state index contributed by atoms with van der Waals surface area (Å²) in [5, 5.41) is 1.98. The van der Waals surface area contributed by atoms with Crippen molar-refractivity contribution in [3.8, 4) is 0 Å². The van der Waals surface area contributed by atoms with Crippen LogP contribution < -0.4 is 5.73 Å². The van der Waals surface area contributed by atoms with E-state index in [1.165, 1.54) is 12.8 Å². The van der Waals surface area contributed by atoms with Gasteiger partial charge in [-0.3, -0.25) is 4.21 Å². The molecular weight excluding hydrogens is 214 g/mol. The number of rotatable bonds is 5. The summed E-state index contributed by atoms with van der Waals surface area (Å²) in [6, 6.07) is 3.92. The van der Waals surface area contributed by atoms with Crippen LogP contribution in [0.25, 0.3) is 0 Å². The van der Waals surface area contributed by atoms with E-state index in [9.17, 15) is 4.21 Å². The topological polar surface area (TPSA) is 43.1 Å². The van der Waals surface area contributed by atoms with Crippen LogP contribution in [-0.4, -0.2) is 16.5 Å². The molecule has 0 aliphatic heterocycles. The molecule has 0 aromatic carbocycles. The molecule has 1 aromatic heterocycles. The largest absolute Gasteiger partial charge is 0.330 e. The molecule has 14 heavy (non-hydrogen) atoms. The van der Waals surface area contributed by atoms with Gasteiger partial charge in [0.1, 0.15) is 0 Å². The Morgan fingerprint density at radius 2 is 2.36 bits per heavy atom. The Morgan fingerprint density at radius 1 is 1.57 bits per heavy atom. The van der Waals surface area contributed by atoms with E-state index in [2.05, 4.69) is 0 Å². The predicted molar refractivity (Wildman–Crippen MR) is 60.9 cm³/mol. The Kier molecular flexibility index (Phi) is 3.04. The lowest BCUT2D eigenvalue weighted by Crippen LogP contribution is -2.16. The molecule has 4 heteroatoms. The van der Waals surface area contributed by atoms with Gasteiger partial charge >= 0.3 is 0 Å². The number of thiophene rings is 1. The van der Waals surface area contributed by atoms with E-state index in [-0.39, 0.29) is 0 Å². The van der Waals surface area contributed by atoms with Crippen molar-refractivity contribution < 1.29 is 4.21 Å². The molecule has 1 aromatic rings. The third kappa shape index (κ3) is 2.24. The van der Waals surface area contributed by atoms with Gasteiger partial charge in [-0.05, 0) is 42.7 Å². The maximum atomic E-state index is 11.9.